The van der Waals surface area contributed by atoms with Crippen LogP contribution in [-0.4, -0.2) is 49.7 Å². The van der Waals surface area contributed by atoms with Gasteiger partial charge in [-0.25, -0.2) is 0 Å². The molecule has 0 radical (unpaired) electrons. The number of rotatable bonds is 20. The smallest absolute Gasteiger partial charge is 0.302 e. The Kier molecular flexibility index (Phi) is 17.4. The third-order valence-corrected chi connectivity index (χ3v) is 5.71. The van der Waals surface area contributed by atoms with Gasteiger partial charge in [0.25, 0.3) is 0 Å². The summed E-state index contributed by atoms with van der Waals surface area (Å²) in [6.07, 6.45) is 15.6. The van der Waals surface area contributed by atoms with Gasteiger partial charge in [0.1, 0.15) is 13.2 Å². The zero-order valence-corrected chi connectivity index (χ0v) is 20.5. The lowest BCUT2D eigenvalue weighted by molar-refractivity contribution is -0.141. The fourth-order valence-electron chi connectivity index (χ4n) is 3.87. The lowest BCUT2D eigenvalue weighted by Crippen LogP contribution is -2.32. The van der Waals surface area contributed by atoms with Crippen LogP contribution in [-0.2, 0) is 25.5 Å². The van der Waals surface area contributed by atoms with Crippen LogP contribution in [0.15, 0.2) is 30.3 Å². The van der Waals surface area contributed by atoms with Gasteiger partial charge in [-0.1, -0.05) is 88.1 Å². The van der Waals surface area contributed by atoms with Crippen molar-refractivity contribution in [3.63, 3.8) is 0 Å². The van der Waals surface area contributed by atoms with Crippen molar-refractivity contribution in [3.8, 4) is 0 Å². The van der Waals surface area contributed by atoms with E-state index < -0.39 is 0 Å². The summed E-state index contributed by atoms with van der Waals surface area (Å²) < 4.78 is 10.1. The van der Waals surface area contributed by atoms with E-state index in [1.54, 1.807) is 0 Å². The number of benzene rings is 1. The lowest BCUT2D eigenvalue weighted by atomic mass is 10.0. The highest BCUT2D eigenvalue weighted by Crippen LogP contribution is 2.13. The maximum atomic E-state index is 10.9. The van der Waals surface area contributed by atoms with Gasteiger partial charge in [-0.3, -0.25) is 14.5 Å². The molecule has 32 heavy (non-hydrogen) atoms. The number of hydrogen-bond donors (Lipinski definition) is 0. The molecular formula is C27H45NO4. The second-order valence-corrected chi connectivity index (χ2v) is 8.65. The van der Waals surface area contributed by atoms with Crippen LogP contribution in [0.2, 0.25) is 0 Å². The van der Waals surface area contributed by atoms with E-state index in [9.17, 15) is 9.59 Å². The predicted molar refractivity (Wildman–Crippen MR) is 131 cm³/mol. The lowest BCUT2D eigenvalue weighted by Gasteiger charge is -2.21. The number of unbranched alkanes of at least 4 members (excludes halogenated alkanes) is 10. The number of carbonyl (C=O) groups is 2. The van der Waals surface area contributed by atoms with Crippen molar-refractivity contribution in [1.29, 1.82) is 0 Å². The first-order valence-electron chi connectivity index (χ1n) is 12.6. The minimum Gasteiger partial charge on any atom is -0.465 e. The molecule has 0 saturated heterocycles. The Morgan fingerprint density at radius 1 is 0.625 bits per heavy atom. The molecule has 5 nitrogen and oxygen atoms in total. The van der Waals surface area contributed by atoms with E-state index in [1.165, 1.54) is 90.0 Å². The van der Waals surface area contributed by atoms with E-state index in [0.717, 1.165) is 13.0 Å². The molecule has 1 rings (SSSR count). The van der Waals surface area contributed by atoms with Gasteiger partial charge in [0.15, 0.2) is 0 Å². The molecule has 5 heteroatoms. The van der Waals surface area contributed by atoms with Crippen LogP contribution in [0.5, 0.6) is 0 Å². The third kappa shape index (κ3) is 17.8. The Bertz CT molecular complexity index is 571. The summed E-state index contributed by atoms with van der Waals surface area (Å²) in [6, 6.07) is 10.8. The highest BCUT2D eigenvalue weighted by Gasteiger charge is 2.07. The summed E-state index contributed by atoms with van der Waals surface area (Å²) in [4.78, 5) is 24.1. The maximum Gasteiger partial charge on any atom is 0.302 e. The van der Waals surface area contributed by atoms with Gasteiger partial charge in [-0.15, -0.1) is 0 Å². The van der Waals surface area contributed by atoms with Gasteiger partial charge >= 0.3 is 11.9 Å². The Hall–Kier alpha value is -1.88. The van der Waals surface area contributed by atoms with E-state index in [0.29, 0.717) is 26.3 Å². The molecule has 0 bridgehead atoms. The molecule has 0 fully saturated rings. The summed E-state index contributed by atoms with van der Waals surface area (Å²) in [7, 11) is 0. The van der Waals surface area contributed by atoms with Crippen LogP contribution < -0.4 is 0 Å². The van der Waals surface area contributed by atoms with Crippen molar-refractivity contribution in [2.45, 2.75) is 90.9 Å². The zero-order chi connectivity index (χ0) is 23.3. The van der Waals surface area contributed by atoms with E-state index in [2.05, 4.69) is 35.2 Å². The van der Waals surface area contributed by atoms with Gasteiger partial charge in [0.2, 0.25) is 0 Å². The molecule has 0 aliphatic carbocycles. The monoisotopic (exact) mass is 447 g/mol. The molecule has 0 N–H and O–H groups in total. The molecule has 0 aromatic heterocycles. The Labute approximate surface area is 195 Å². The van der Waals surface area contributed by atoms with Crippen LogP contribution in [0, 0.1) is 0 Å². The second kappa shape index (κ2) is 19.8. The molecule has 0 aliphatic rings. The minimum atomic E-state index is -0.253. The largest absolute Gasteiger partial charge is 0.465 e. The normalized spacial score (nSPS) is 11.0. The van der Waals surface area contributed by atoms with E-state index in [-0.39, 0.29) is 11.9 Å². The van der Waals surface area contributed by atoms with Crippen molar-refractivity contribution in [3.05, 3.63) is 35.9 Å². The van der Waals surface area contributed by atoms with Crippen LogP contribution in [0.4, 0.5) is 0 Å². The number of hydrogen-bond acceptors (Lipinski definition) is 5. The molecule has 0 unspecified atom stereocenters. The van der Waals surface area contributed by atoms with Crippen molar-refractivity contribution in [1.82, 2.24) is 4.90 Å². The third-order valence-electron chi connectivity index (χ3n) is 5.71. The molecule has 0 aliphatic heterocycles. The SMILES string of the molecule is CC(=O)OCCN(CCCCCCCCCCCCCc1ccccc1)CCOC(C)=O. The highest BCUT2D eigenvalue weighted by atomic mass is 16.5. The minimum absolute atomic E-state index is 0.253. The Balaban J connectivity index is 1.93. The van der Waals surface area contributed by atoms with Crippen molar-refractivity contribution < 1.29 is 19.1 Å². The molecule has 1 aromatic carbocycles. The van der Waals surface area contributed by atoms with Gasteiger partial charge in [-0.2, -0.15) is 0 Å². The highest BCUT2D eigenvalue weighted by molar-refractivity contribution is 5.66. The summed E-state index contributed by atoms with van der Waals surface area (Å²) in [5.41, 5.74) is 1.46. The van der Waals surface area contributed by atoms with E-state index in [4.69, 9.17) is 9.47 Å². The van der Waals surface area contributed by atoms with E-state index >= 15 is 0 Å². The molecule has 182 valence electrons. The summed E-state index contributed by atoms with van der Waals surface area (Å²) in [5.74, 6) is -0.505. The first-order valence-corrected chi connectivity index (χ1v) is 12.6. The zero-order valence-electron chi connectivity index (χ0n) is 20.5. The van der Waals surface area contributed by atoms with Crippen LogP contribution in [0.3, 0.4) is 0 Å². The first kappa shape index (κ1) is 28.2. The van der Waals surface area contributed by atoms with Crippen molar-refractivity contribution in [2.75, 3.05) is 32.8 Å². The molecule has 0 amide bonds. The van der Waals surface area contributed by atoms with Crippen LogP contribution in [0.25, 0.3) is 0 Å². The molecule has 1 aromatic rings. The standard InChI is InChI=1S/C27H45NO4/c1-25(29)31-23-21-28(22-24-32-26(2)30)20-16-11-9-7-5-3-4-6-8-10-13-17-27-18-14-12-15-19-27/h12,14-15,18-19H,3-11,13,16-17,20-24H2,1-2H3. The summed E-state index contributed by atoms with van der Waals surface area (Å²) in [5, 5.41) is 0. The van der Waals surface area contributed by atoms with Crippen molar-refractivity contribution in [2.24, 2.45) is 0 Å². The van der Waals surface area contributed by atoms with Gasteiger partial charge in [0.05, 0.1) is 0 Å². The number of nitrogens with zero attached hydrogens (tertiary/aromatic N) is 1. The van der Waals surface area contributed by atoms with E-state index in [1.807, 2.05) is 0 Å². The summed E-state index contributed by atoms with van der Waals surface area (Å²) in [6.45, 7) is 5.96. The topological polar surface area (TPSA) is 55.8 Å². The number of carbonyl (C=O) groups excluding carboxylic acids is 2. The molecule has 0 heterocycles. The molecular weight excluding hydrogens is 402 g/mol. The number of ether oxygens (including phenoxy) is 2. The first-order chi connectivity index (χ1) is 15.6. The average Bonchev–Trinajstić information content (AvgIpc) is 2.76. The molecule has 0 spiro atoms. The predicted octanol–water partition coefficient (Wildman–Crippen LogP) is 5.95. The fraction of sp³-hybridized carbons (Fsp3) is 0.704. The fourth-order valence-corrected chi connectivity index (χ4v) is 3.87. The maximum absolute atomic E-state index is 10.9. The second-order valence-electron chi connectivity index (χ2n) is 8.65. The molecule has 0 atom stereocenters. The Morgan fingerprint density at radius 2 is 1.06 bits per heavy atom. The Morgan fingerprint density at radius 3 is 1.53 bits per heavy atom. The summed E-state index contributed by atoms with van der Waals surface area (Å²) >= 11 is 0. The molecule has 0 saturated carbocycles. The van der Waals surface area contributed by atoms with Gasteiger partial charge in [0, 0.05) is 26.9 Å². The number of aryl methyl sites for hydroxylation is 1. The van der Waals surface area contributed by atoms with Gasteiger partial charge < -0.3 is 9.47 Å². The van der Waals surface area contributed by atoms with Gasteiger partial charge in [-0.05, 0) is 31.4 Å². The van der Waals surface area contributed by atoms with Crippen LogP contribution >= 0.6 is 0 Å². The van der Waals surface area contributed by atoms with Crippen LogP contribution in [0.1, 0.15) is 90.0 Å². The van der Waals surface area contributed by atoms with Crippen molar-refractivity contribution >= 4 is 11.9 Å². The average molecular weight is 448 g/mol. The number of esters is 2. The quantitative estimate of drug-likeness (QED) is 0.183.